The summed E-state index contributed by atoms with van der Waals surface area (Å²) in [7, 11) is 1.20. The molecule has 11 heteroatoms. The maximum atomic E-state index is 13.1. The lowest BCUT2D eigenvalue weighted by Gasteiger charge is -2.14. The molecule has 0 amide bonds. The Kier molecular flexibility index (Phi) is 4.82. The first kappa shape index (κ1) is 18.4. The number of oxime groups is 1. The van der Waals surface area contributed by atoms with Crippen molar-refractivity contribution in [2.45, 2.75) is 18.3 Å². The van der Waals surface area contributed by atoms with Gasteiger partial charge in [0.05, 0.1) is 23.5 Å². The van der Waals surface area contributed by atoms with Crippen LogP contribution in [0.1, 0.15) is 22.9 Å². The quantitative estimate of drug-likeness (QED) is 0.472. The summed E-state index contributed by atoms with van der Waals surface area (Å²) < 4.78 is 77.7. The zero-order valence-electron chi connectivity index (χ0n) is 12.4. The zero-order valence-corrected chi connectivity index (χ0v) is 12.4. The van der Waals surface area contributed by atoms with Gasteiger partial charge in [0.15, 0.2) is 5.65 Å². The number of hydrogen-bond acceptors (Lipinski definition) is 5. The van der Waals surface area contributed by atoms with Crippen molar-refractivity contribution in [3.63, 3.8) is 0 Å². The van der Waals surface area contributed by atoms with E-state index in [9.17, 15) is 26.3 Å². The highest BCUT2D eigenvalue weighted by atomic mass is 19.4. The third-order valence-corrected chi connectivity index (χ3v) is 3.06. The van der Waals surface area contributed by atoms with Gasteiger partial charge in [0.25, 0.3) is 0 Å². The van der Waals surface area contributed by atoms with Crippen LogP contribution >= 0.6 is 0 Å². The molecule has 0 radical (unpaired) electrons. The fraction of sp³-hybridized carbons (Fsp3) is 0.286. The van der Waals surface area contributed by atoms with E-state index < -0.39 is 40.6 Å². The van der Waals surface area contributed by atoms with Gasteiger partial charge in [-0.15, -0.1) is 0 Å². The molecule has 0 aliphatic carbocycles. The molecule has 0 spiro atoms. The SMILES string of the molecule is CO/N=C\[C@@H](C#N)c1ccc2c(C(F)(F)F)cc(C(F)(F)F)nc2n1. The van der Waals surface area contributed by atoms with Crippen molar-refractivity contribution in [1.82, 2.24) is 9.97 Å². The summed E-state index contributed by atoms with van der Waals surface area (Å²) in [6.07, 6.45) is -9.11. The number of alkyl halides is 6. The Hall–Kier alpha value is -2.90. The molecule has 0 bridgehead atoms. The largest absolute Gasteiger partial charge is 0.433 e. The van der Waals surface area contributed by atoms with E-state index in [4.69, 9.17) is 5.26 Å². The van der Waals surface area contributed by atoms with Gasteiger partial charge in [-0.05, 0) is 18.2 Å². The molecule has 0 unspecified atom stereocenters. The Morgan fingerprint density at radius 2 is 1.84 bits per heavy atom. The highest BCUT2D eigenvalue weighted by molar-refractivity contribution is 5.81. The number of pyridine rings is 2. The minimum atomic E-state index is -5.09. The molecule has 5 nitrogen and oxygen atoms in total. The lowest BCUT2D eigenvalue weighted by Crippen LogP contribution is -2.14. The first-order valence-electron chi connectivity index (χ1n) is 6.50. The van der Waals surface area contributed by atoms with E-state index in [-0.39, 0.29) is 11.8 Å². The van der Waals surface area contributed by atoms with Crippen LogP contribution in [0.15, 0.2) is 23.4 Å². The number of rotatable bonds is 3. The van der Waals surface area contributed by atoms with Gasteiger partial charge in [-0.25, -0.2) is 9.97 Å². The Morgan fingerprint density at radius 1 is 1.16 bits per heavy atom. The van der Waals surface area contributed by atoms with Crippen molar-refractivity contribution in [2.75, 3.05) is 7.11 Å². The molecule has 25 heavy (non-hydrogen) atoms. The maximum Gasteiger partial charge on any atom is 0.433 e. The van der Waals surface area contributed by atoms with Crippen molar-refractivity contribution < 1.29 is 31.2 Å². The zero-order chi connectivity index (χ0) is 18.8. The number of fused-ring (bicyclic) bond motifs is 1. The second-order valence-corrected chi connectivity index (χ2v) is 4.70. The second-order valence-electron chi connectivity index (χ2n) is 4.70. The number of aromatic nitrogens is 2. The molecule has 0 aromatic carbocycles. The van der Waals surface area contributed by atoms with Crippen molar-refractivity contribution in [3.8, 4) is 6.07 Å². The topological polar surface area (TPSA) is 71.2 Å². The summed E-state index contributed by atoms with van der Waals surface area (Å²) in [5, 5.41) is 11.8. The number of halogens is 6. The predicted molar refractivity (Wildman–Crippen MR) is 73.4 cm³/mol. The van der Waals surface area contributed by atoms with Gasteiger partial charge in [-0.1, -0.05) is 5.16 Å². The molecule has 0 aliphatic heterocycles. The number of nitriles is 1. The van der Waals surface area contributed by atoms with E-state index in [0.717, 1.165) is 18.3 Å². The van der Waals surface area contributed by atoms with Crippen molar-refractivity contribution in [3.05, 3.63) is 35.2 Å². The van der Waals surface area contributed by atoms with E-state index in [1.54, 1.807) is 6.07 Å². The van der Waals surface area contributed by atoms with Crippen molar-refractivity contribution in [1.29, 1.82) is 5.26 Å². The first-order chi connectivity index (χ1) is 11.6. The van der Waals surface area contributed by atoms with Gasteiger partial charge in [0, 0.05) is 5.39 Å². The molecule has 0 saturated carbocycles. The highest BCUT2D eigenvalue weighted by Gasteiger charge is 2.39. The summed E-state index contributed by atoms with van der Waals surface area (Å²) in [5.74, 6) is -1.13. The Morgan fingerprint density at radius 3 is 2.36 bits per heavy atom. The Labute approximate surface area is 136 Å². The lowest BCUT2D eigenvalue weighted by molar-refractivity contribution is -0.144. The molecule has 2 heterocycles. The van der Waals surface area contributed by atoms with Crippen LogP contribution in [-0.2, 0) is 17.2 Å². The van der Waals surface area contributed by atoms with Gasteiger partial charge < -0.3 is 4.84 Å². The summed E-state index contributed by atoms with van der Waals surface area (Å²) in [6, 6.07) is 3.67. The molecule has 2 aromatic rings. The van der Waals surface area contributed by atoms with Crippen LogP contribution in [0.4, 0.5) is 26.3 Å². The minimum absolute atomic E-state index is 0.0716. The lowest BCUT2D eigenvalue weighted by atomic mass is 10.0. The molecule has 0 aliphatic rings. The van der Waals surface area contributed by atoms with E-state index >= 15 is 0 Å². The average molecular weight is 362 g/mol. The molecule has 132 valence electrons. The normalized spacial score (nSPS) is 13.8. The van der Waals surface area contributed by atoms with Crippen LogP contribution in [0.2, 0.25) is 0 Å². The third kappa shape index (κ3) is 3.96. The van der Waals surface area contributed by atoms with Crippen LogP contribution < -0.4 is 0 Å². The van der Waals surface area contributed by atoms with Crippen LogP contribution in [0, 0.1) is 11.3 Å². The summed E-state index contributed by atoms with van der Waals surface area (Å²) in [4.78, 5) is 11.2. The molecule has 2 rings (SSSR count). The van der Waals surface area contributed by atoms with Gasteiger partial charge in [-0.3, -0.25) is 0 Å². The summed E-state index contributed by atoms with van der Waals surface area (Å²) >= 11 is 0. The summed E-state index contributed by atoms with van der Waals surface area (Å²) in [5.41, 5.74) is -4.12. The average Bonchev–Trinajstić information content (AvgIpc) is 2.52. The highest BCUT2D eigenvalue weighted by Crippen LogP contribution is 2.38. The molecule has 2 aromatic heterocycles. The first-order valence-corrected chi connectivity index (χ1v) is 6.50. The predicted octanol–water partition coefficient (Wildman–Crippen LogP) is 3.91. The molecular weight excluding hydrogens is 354 g/mol. The standard InChI is InChI=1S/C14H8F6N4O/c1-25-22-6-7(5-21)10-3-2-8-9(13(15,16)17)4-11(14(18,19)20)24-12(8)23-10/h2-4,6-7H,1H3/b22-6-/t7-/m1/s1. The van der Waals surface area contributed by atoms with Crippen LogP contribution in [-0.4, -0.2) is 23.3 Å². The fourth-order valence-electron chi connectivity index (χ4n) is 1.97. The minimum Gasteiger partial charge on any atom is -0.399 e. The molecule has 1 atom stereocenters. The second kappa shape index (κ2) is 6.54. The maximum absolute atomic E-state index is 13.1. The number of nitrogens with zero attached hydrogens (tertiary/aromatic N) is 4. The van der Waals surface area contributed by atoms with Gasteiger partial charge in [0.2, 0.25) is 0 Å². The Bertz CT molecular complexity index is 853. The monoisotopic (exact) mass is 362 g/mol. The van der Waals surface area contributed by atoms with Crippen molar-refractivity contribution in [2.24, 2.45) is 5.16 Å². The van der Waals surface area contributed by atoms with Crippen LogP contribution in [0.3, 0.4) is 0 Å². The molecule has 0 fully saturated rings. The fourth-order valence-corrected chi connectivity index (χ4v) is 1.97. The van der Waals surface area contributed by atoms with E-state index in [1.165, 1.54) is 7.11 Å². The van der Waals surface area contributed by atoms with Gasteiger partial charge >= 0.3 is 12.4 Å². The van der Waals surface area contributed by atoms with E-state index in [2.05, 4.69) is 20.0 Å². The smallest absolute Gasteiger partial charge is 0.399 e. The molecular formula is C14H8F6N4O. The van der Waals surface area contributed by atoms with Gasteiger partial charge in [0.1, 0.15) is 18.7 Å². The molecule has 0 N–H and O–H groups in total. The number of hydrogen-bond donors (Lipinski definition) is 0. The van der Waals surface area contributed by atoms with E-state index in [0.29, 0.717) is 0 Å². The van der Waals surface area contributed by atoms with Gasteiger partial charge in [-0.2, -0.15) is 31.6 Å². The molecule has 0 saturated heterocycles. The van der Waals surface area contributed by atoms with Crippen LogP contribution in [0.25, 0.3) is 11.0 Å². The summed E-state index contributed by atoms with van der Waals surface area (Å²) in [6.45, 7) is 0. The third-order valence-electron chi connectivity index (χ3n) is 3.06. The van der Waals surface area contributed by atoms with E-state index in [1.807, 2.05) is 0 Å². The van der Waals surface area contributed by atoms with Crippen molar-refractivity contribution >= 4 is 17.2 Å². The van der Waals surface area contributed by atoms with Crippen LogP contribution in [0.5, 0.6) is 0 Å². The Balaban J connectivity index is 2.72.